The lowest BCUT2D eigenvalue weighted by molar-refractivity contribution is 0.102. The van der Waals surface area contributed by atoms with E-state index in [9.17, 15) is 9.59 Å². The number of rotatable bonds is 8. The fourth-order valence-corrected chi connectivity index (χ4v) is 4.36. The van der Waals surface area contributed by atoms with Crippen molar-refractivity contribution in [2.45, 2.75) is 29.5 Å². The molecule has 4 aromatic rings. The van der Waals surface area contributed by atoms with Gasteiger partial charge in [0, 0.05) is 22.3 Å². The molecule has 10 heteroatoms. The normalized spacial score (nSPS) is 12.7. The lowest BCUT2D eigenvalue weighted by Gasteiger charge is -2.11. The average molecular weight is 486 g/mol. The Balaban J connectivity index is 1.22. The van der Waals surface area contributed by atoms with Crippen LogP contribution in [0.25, 0.3) is 5.69 Å². The molecule has 1 aliphatic rings. The van der Waals surface area contributed by atoms with E-state index in [0.29, 0.717) is 28.5 Å². The quantitative estimate of drug-likeness (QED) is 0.317. The molecule has 1 heterocycles. The molecular weight excluding hydrogens is 462 g/mol. The number of amides is 3. The van der Waals surface area contributed by atoms with Gasteiger partial charge in [0.05, 0.1) is 17.0 Å². The molecule has 0 saturated heterocycles. The maximum atomic E-state index is 13.0. The molecular formula is C25H23N7O2S. The van der Waals surface area contributed by atoms with Crippen LogP contribution in [-0.2, 0) is 5.75 Å². The SMILES string of the molecule is O=C(Nc1ccc(NC(=O)c2ccccc2SCc2nnnn2-c2ccccc2)cc1)NC1CC1. The second-order valence-corrected chi connectivity index (χ2v) is 9.05. The summed E-state index contributed by atoms with van der Waals surface area (Å²) in [5.74, 6) is 0.961. The van der Waals surface area contributed by atoms with E-state index in [4.69, 9.17) is 0 Å². The fourth-order valence-electron chi connectivity index (χ4n) is 3.40. The maximum absolute atomic E-state index is 13.0. The zero-order valence-corrected chi connectivity index (χ0v) is 19.5. The largest absolute Gasteiger partial charge is 0.335 e. The number of carbonyl (C=O) groups is 2. The molecule has 0 radical (unpaired) electrons. The van der Waals surface area contributed by atoms with E-state index in [1.165, 1.54) is 11.8 Å². The summed E-state index contributed by atoms with van der Waals surface area (Å²) in [7, 11) is 0. The molecule has 0 bridgehead atoms. The summed E-state index contributed by atoms with van der Waals surface area (Å²) in [6, 6.07) is 24.2. The standard InChI is InChI=1S/C25H23N7O2S/c33-24(26-17-10-12-18(13-11-17)27-25(34)28-19-14-15-19)21-8-4-5-9-22(21)35-16-23-29-30-31-32(23)20-6-2-1-3-7-20/h1-13,19H,14-16H2,(H,26,33)(H2,27,28,34). The first-order chi connectivity index (χ1) is 17.2. The number of anilines is 2. The fraction of sp³-hybridized carbons (Fsp3) is 0.160. The average Bonchev–Trinajstić information content (AvgIpc) is 3.57. The zero-order chi connectivity index (χ0) is 24.0. The van der Waals surface area contributed by atoms with E-state index < -0.39 is 0 Å². The molecule has 1 saturated carbocycles. The van der Waals surface area contributed by atoms with Crippen LogP contribution in [0.5, 0.6) is 0 Å². The Kier molecular flexibility index (Phi) is 6.71. The first-order valence-corrected chi connectivity index (χ1v) is 12.2. The van der Waals surface area contributed by atoms with Crippen molar-refractivity contribution in [3.05, 3.63) is 90.3 Å². The van der Waals surface area contributed by atoms with Crippen molar-refractivity contribution >= 4 is 35.1 Å². The Hall–Kier alpha value is -4.18. The first kappa shape index (κ1) is 22.6. The van der Waals surface area contributed by atoms with Gasteiger partial charge in [0.1, 0.15) is 0 Å². The second-order valence-electron chi connectivity index (χ2n) is 8.03. The number of hydrogen-bond acceptors (Lipinski definition) is 6. The van der Waals surface area contributed by atoms with Crippen molar-refractivity contribution in [2.24, 2.45) is 0 Å². The lowest BCUT2D eigenvalue weighted by atomic mass is 10.2. The molecule has 3 N–H and O–H groups in total. The van der Waals surface area contributed by atoms with E-state index >= 15 is 0 Å². The Labute approximate surface area is 206 Å². The highest BCUT2D eigenvalue weighted by atomic mass is 32.2. The third kappa shape index (κ3) is 5.85. The van der Waals surface area contributed by atoms with Crippen molar-refractivity contribution in [2.75, 3.05) is 10.6 Å². The van der Waals surface area contributed by atoms with Crippen molar-refractivity contribution in [1.82, 2.24) is 25.5 Å². The summed E-state index contributed by atoms with van der Waals surface area (Å²) >= 11 is 1.49. The second kappa shape index (κ2) is 10.4. The van der Waals surface area contributed by atoms with Gasteiger partial charge in [-0.2, -0.15) is 4.68 Å². The minimum atomic E-state index is -0.220. The Morgan fingerprint density at radius 2 is 1.57 bits per heavy atom. The van der Waals surface area contributed by atoms with Crippen molar-refractivity contribution in [3.63, 3.8) is 0 Å². The number of tetrazole rings is 1. The number of hydrogen-bond donors (Lipinski definition) is 3. The zero-order valence-electron chi connectivity index (χ0n) is 18.7. The van der Waals surface area contributed by atoms with Gasteiger partial charge in [-0.1, -0.05) is 30.3 Å². The molecule has 35 heavy (non-hydrogen) atoms. The Morgan fingerprint density at radius 1 is 0.886 bits per heavy atom. The minimum Gasteiger partial charge on any atom is -0.335 e. The molecule has 3 aromatic carbocycles. The van der Waals surface area contributed by atoms with Crippen LogP contribution in [0, 0.1) is 0 Å². The van der Waals surface area contributed by atoms with Gasteiger partial charge in [-0.15, -0.1) is 16.9 Å². The predicted molar refractivity (Wildman–Crippen MR) is 135 cm³/mol. The van der Waals surface area contributed by atoms with Crippen LogP contribution < -0.4 is 16.0 Å². The van der Waals surface area contributed by atoms with Gasteiger partial charge in [0.2, 0.25) is 0 Å². The van der Waals surface area contributed by atoms with Gasteiger partial charge in [0.15, 0.2) is 5.82 Å². The van der Waals surface area contributed by atoms with E-state index in [1.807, 2.05) is 48.5 Å². The van der Waals surface area contributed by atoms with E-state index in [-0.39, 0.29) is 18.0 Å². The third-order valence-corrected chi connectivity index (χ3v) is 6.41. The van der Waals surface area contributed by atoms with E-state index in [0.717, 1.165) is 23.4 Å². The molecule has 1 aromatic heterocycles. The van der Waals surface area contributed by atoms with Gasteiger partial charge < -0.3 is 16.0 Å². The molecule has 0 spiro atoms. The molecule has 5 rings (SSSR count). The van der Waals surface area contributed by atoms with Gasteiger partial charge in [0.25, 0.3) is 5.91 Å². The first-order valence-electron chi connectivity index (χ1n) is 11.2. The number of benzene rings is 3. The Morgan fingerprint density at radius 3 is 2.31 bits per heavy atom. The van der Waals surface area contributed by atoms with Crippen molar-refractivity contribution < 1.29 is 9.59 Å². The van der Waals surface area contributed by atoms with Crippen LogP contribution >= 0.6 is 11.8 Å². The van der Waals surface area contributed by atoms with Crippen LogP contribution in [0.4, 0.5) is 16.2 Å². The summed E-state index contributed by atoms with van der Waals surface area (Å²) < 4.78 is 1.69. The van der Waals surface area contributed by atoms with Gasteiger partial charge in [-0.3, -0.25) is 4.79 Å². The summed E-state index contributed by atoms with van der Waals surface area (Å²) in [4.78, 5) is 25.7. The van der Waals surface area contributed by atoms with Crippen LogP contribution in [0.3, 0.4) is 0 Å². The molecule has 0 atom stereocenters. The highest BCUT2D eigenvalue weighted by Gasteiger charge is 2.23. The minimum absolute atomic E-state index is 0.214. The van der Waals surface area contributed by atoms with Crippen molar-refractivity contribution in [1.29, 1.82) is 0 Å². The number of carbonyl (C=O) groups excluding carboxylic acids is 2. The summed E-state index contributed by atoms with van der Waals surface area (Å²) in [5.41, 5.74) is 2.73. The highest BCUT2D eigenvalue weighted by molar-refractivity contribution is 7.98. The number of nitrogens with zero attached hydrogens (tertiary/aromatic N) is 4. The topological polar surface area (TPSA) is 114 Å². The van der Waals surface area contributed by atoms with E-state index in [2.05, 4.69) is 31.5 Å². The smallest absolute Gasteiger partial charge is 0.319 e. The third-order valence-electron chi connectivity index (χ3n) is 5.34. The van der Waals surface area contributed by atoms with Crippen LogP contribution in [0.2, 0.25) is 0 Å². The van der Waals surface area contributed by atoms with E-state index in [1.54, 1.807) is 35.0 Å². The molecule has 9 nitrogen and oxygen atoms in total. The number of urea groups is 1. The highest BCUT2D eigenvalue weighted by Crippen LogP contribution is 2.27. The number of thioether (sulfide) groups is 1. The van der Waals surface area contributed by atoms with Crippen LogP contribution in [-0.4, -0.2) is 38.2 Å². The molecule has 0 unspecified atom stereocenters. The summed E-state index contributed by atoms with van der Waals surface area (Å²) in [6.07, 6.45) is 2.06. The summed E-state index contributed by atoms with van der Waals surface area (Å²) in [6.45, 7) is 0. The van der Waals surface area contributed by atoms with Crippen LogP contribution in [0.1, 0.15) is 29.0 Å². The molecule has 0 aliphatic heterocycles. The monoisotopic (exact) mass is 485 g/mol. The van der Waals surface area contributed by atoms with Crippen molar-refractivity contribution in [3.8, 4) is 5.69 Å². The Bertz CT molecular complexity index is 1320. The maximum Gasteiger partial charge on any atom is 0.319 e. The molecule has 3 amide bonds. The predicted octanol–water partition coefficient (Wildman–Crippen LogP) is 4.49. The number of para-hydroxylation sites is 1. The summed E-state index contributed by atoms with van der Waals surface area (Å²) in [5, 5.41) is 20.6. The van der Waals surface area contributed by atoms with Gasteiger partial charge in [-0.25, -0.2) is 4.79 Å². The number of nitrogens with one attached hydrogen (secondary N) is 3. The lowest BCUT2D eigenvalue weighted by Crippen LogP contribution is -2.30. The molecule has 1 fully saturated rings. The molecule has 1 aliphatic carbocycles. The number of aromatic nitrogens is 4. The van der Waals surface area contributed by atoms with Crippen LogP contribution in [0.15, 0.2) is 83.8 Å². The molecule has 176 valence electrons. The van der Waals surface area contributed by atoms with Gasteiger partial charge in [-0.05, 0) is 71.8 Å². The van der Waals surface area contributed by atoms with Gasteiger partial charge >= 0.3 is 6.03 Å².